The van der Waals surface area contributed by atoms with Crippen LogP contribution in [0.2, 0.25) is 0 Å². The number of esters is 1. The summed E-state index contributed by atoms with van der Waals surface area (Å²) < 4.78 is 18.4. The van der Waals surface area contributed by atoms with Crippen molar-refractivity contribution in [2.45, 2.75) is 58.1 Å². The number of benzene rings is 1. The van der Waals surface area contributed by atoms with Crippen molar-refractivity contribution in [1.29, 1.82) is 0 Å². The lowest BCUT2D eigenvalue weighted by Gasteiger charge is -2.26. The fourth-order valence-electron chi connectivity index (χ4n) is 3.49. The molecule has 0 saturated carbocycles. The highest BCUT2D eigenvalue weighted by atomic mass is 16.6. The molecule has 1 aromatic heterocycles. The van der Waals surface area contributed by atoms with Crippen molar-refractivity contribution in [3.63, 3.8) is 0 Å². The first-order valence-corrected chi connectivity index (χ1v) is 9.88. The van der Waals surface area contributed by atoms with Crippen LogP contribution in [0.5, 0.6) is 5.75 Å². The van der Waals surface area contributed by atoms with Crippen LogP contribution in [0, 0.1) is 0 Å². The Morgan fingerprint density at radius 1 is 1.28 bits per heavy atom. The molecule has 3 rings (SSSR count). The number of aliphatic carboxylic acids is 1. The van der Waals surface area contributed by atoms with Crippen LogP contribution in [0.25, 0.3) is 11.0 Å². The minimum absolute atomic E-state index is 0.206. The number of aryl methyl sites for hydroxylation is 1. The molecule has 0 bridgehead atoms. The predicted molar refractivity (Wildman–Crippen MR) is 106 cm³/mol. The number of carboxylic acid groups (broad SMARTS) is 1. The van der Waals surface area contributed by atoms with Crippen molar-refractivity contribution in [1.82, 2.24) is 9.55 Å². The third-order valence-electron chi connectivity index (χ3n) is 4.63. The van der Waals surface area contributed by atoms with Gasteiger partial charge in [0.05, 0.1) is 17.5 Å². The minimum atomic E-state index is -1.03. The van der Waals surface area contributed by atoms with Gasteiger partial charge in [-0.2, -0.15) is 0 Å². The number of carbonyl (C=O) groups excluding carboxylic acids is 1. The van der Waals surface area contributed by atoms with Crippen LogP contribution in [0.4, 0.5) is 0 Å². The number of carbonyl (C=O) groups is 2. The molecule has 1 aliphatic heterocycles. The Kier molecular flexibility index (Phi) is 6.42. The van der Waals surface area contributed by atoms with Gasteiger partial charge in [0, 0.05) is 31.7 Å². The molecule has 2 heterocycles. The second-order valence-electron chi connectivity index (χ2n) is 8.16. The molecule has 1 aliphatic rings. The Labute approximate surface area is 169 Å². The number of aromatic nitrogens is 2. The zero-order valence-corrected chi connectivity index (χ0v) is 17.1. The molecule has 0 radical (unpaired) electrons. The molecule has 2 aromatic rings. The van der Waals surface area contributed by atoms with Crippen LogP contribution in [0.15, 0.2) is 18.2 Å². The molecule has 1 aromatic carbocycles. The number of ether oxygens (including phenoxy) is 3. The van der Waals surface area contributed by atoms with E-state index in [0.29, 0.717) is 25.4 Å². The number of hydrogen-bond donors (Lipinski definition) is 1. The molecular formula is C21H28N2O6. The first kappa shape index (κ1) is 21.1. The van der Waals surface area contributed by atoms with Gasteiger partial charge >= 0.3 is 11.9 Å². The van der Waals surface area contributed by atoms with Gasteiger partial charge < -0.3 is 23.9 Å². The summed E-state index contributed by atoms with van der Waals surface area (Å²) in [5.41, 5.74) is 1.14. The zero-order chi connectivity index (χ0) is 21.0. The highest BCUT2D eigenvalue weighted by Crippen LogP contribution is 2.31. The molecular weight excluding hydrogens is 376 g/mol. The summed E-state index contributed by atoms with van der Waals surface area (Å²) in [5, 5.41) is 8.85. The van der Waals surface area contributed by atoms with Crippen molar-refractivity contribution >= 4 is 23.0 Å². The van der Waals surface area contributed by atoms with Gasteiger partial charge in [-0.1, -0.05) is 0 Å². The van der Waals surface area contributed by atoms with E-state index in [2.05, 4.69) is 4.57 Å². The van der Waals surface area contributed by atoms with Crippen LogP contribution < -0.4 is 4.74 Å². The lowest BCUT2D eigenvalue weighted by atomic mass is 10.1. The minimum Gasteiger partial charge on any atom is -0.482 e. The molecule has 8 nitrogen and oxygen atoms in total. The number of nitrogens with zero attached hydrogens (tertiary/aromatic N) is 2. The maximum Gasteiger partial charge on any atom is 0.341 e. The van der Waals surface area contributed by atoms with E-state index >= 15 is 0 Å². The first-order valence-electron chi connectivity index (χ1n) is 9.88. The molecule has 29 heavy (non-hydrogen) atoms. The van der Waals surface area contributed by atoms with Crippen molar-refractivity contribution < 1.29 is 28.9 Å². The van der Waals surface area contributed by atoms with Gasteiger partial charge in [-0.25, -0.2) is 9.78 Å². The third-order valence-corrected chi connectivity index (χ3v) is 4.63. The summed E-state index contributed by atoms with van der Waals surface area (Å²) in [6.45, 7) is 6.49. The molecule has 1 N–H and O–H groups in total. The Morgan fingerprint density at radius 3 is 2.66 bits per heavy atom. The monoisotopic (exact) mass is 404 g/mol. The largest absolute Gasteiger partial charge is 0.482 e. The van der Waals surface area contributed by atoms with E-state index in [-0.39, 0.29) is 18.4 Å². The average Bonchev–Trinajstić information content (AvgIpc) is 3.01. The lowest BCUT2D eigenvalue weighted by molar-refractivity contribution is -0.154. The molecule has 158 valence electrons. The fourth-order valence-corrected chi connectivity index (χ4v) is 3.49. The normalized spacial score (nSPS) is 15.4. The van der Waals surface area contributed by atoms with Crippen LogP contribution in [-0.4, -0.2) is 52.0 Å². The summed E-state index contributed by atoms with van der Waals surface area (Å²) in [6, 6.07) is 5.55. The van der Waals surface area contributed by atoms with E-state index in [1.807, 2.05) is 32.9 Å². The number of rotatable bonds is 7. The standard InChI is InChI=1S/C21H28N2O6/c1-21(2,3)29-20(26)7-6-18-22-16-5-4-15(28-13-19(24)25)12-17(16)23(18)14-8-10-27-11-9-14/h4-5,12,14H,6-11,13H2,1-3H3,(H,24,25). The van der Waals surface area contributed by atoms with E-state index in [0.717, 1.165) is 29.7 Å². The van der Waals surface area contributed by atoms with Gasteiger partial charge in [0.15, 0.2) is 6.61 Å². The van der Waals surface area contributed by atoms with Gasteiger partial charge in [0.2, 0.25) is 0 Å². The highest BCUT2D eigenvalue weighted by Gasteiger charge is 2.23. The van der Waals surface area contributed by atoms with Gasteiger partial charge in [0.25, 0.3) is 0 Å². The molecule has 0 aliphatic carbocycles. The van der Waals surface area contributed by atoms with Crippen molar-refractivity contribution in [2.24, 2.45) is 0 Å². The maximum atomic E-state index is 12.2. The van der Waals surface area contributed by atoms with Gasteiger partial charge in [-0.15, -0.1) is 0 Å². The van der Waals surface area contributed by atoms with E-state index in [9.17, 15) is 9.59 Å². The SMILES string of the molecule is CC(C)(C)OC(=O)CCc1nc2ccc(OCC(=O)O)cc2n1C1CCOCC1. The van der Waals surface area contributed by atoms with Crippen LogP contribution in [0.1, 0.15) is 51.9 Å². The molecule has 0 spiro atoms. The van der Waals surface area contributed by atoms with E-state index in [1.54, 1.807) is 6.07 Å². The molecule has 1 fully saturated rings. The number of carboxylic acids is 1. The van der Waals surface area contributed by atoms with Crippen molar-refractivity contribution in [3.05, 3.63) is 24.0 Å². The molecule has 0 unspecified atom stereocenters. The number of fused-ring (bicyclic) bond motifs is 1. The zero-order valence-electron chi connectivity index (χ0n) is 17.1. The molecule has 1 saturated heterocycles. The number of imidazole rings is 1. The van der Waals surface area contributed by atoms with E-state index in [1.165, 1.54) is 0 Å². The maximum absolute atomic E-state index is 12.2. The molecule has 0 atom stereocenters. The topological polar surface area (TPSA) is 99.9 Å². The summed E-state index contributed by atoms with van der Waals surface area (Å²) in [7, 11) is 0. The Balaban J connectivity index is 1.88. The van der Waals surface area contributed by atoms with E-state index < -0.39 is 18.2 Å². The van der Waals surface area contributed by atoms with Crippen LogP contribution >= 0.6 is 0 Å². The molecule has 0 amide bonds. The van der Waals surface area contributed by atoms with E-state index in [4.69, 9.17) is 24.3 Å². The highest BCUT2D eigenvalue weighted by molar-refractivity contribution is 5.78. The third kappa shape index (κ3) is 5.69. The average molecular weight is 404 g/mol. The Bertz CT molecular complexity index is 877. The number of hydrogen-bond acceptors (Lipinski definition) is 6. The smallest absolute Gasteiger partial charge is 0.341 e. The fraction of sp³-hybridized carbons (Fsp3) is 0.571. The summed E-state index contributed by atoms with van der Waals surface area (Å²) in [5.74, 6) is 0.00888. The Hall–Kier alpha value is -2.61. The second kappa shape index (κ2) is 8.82. The van der Waals surface area contributed by atoms with Crippen molar-refractivity contribution in [3.8, 4) is 5.75 Å². The van der Waals surface area contributed by atoms with Gasteiger partial charge in [-0.3, -0.25) is 4.79 Å². The lowest BCUT2D eigenvalue weighted by Crippen LogP contribution is -2.25. The summed E-state index contributed by atoms with van der Waals surface area (Å²) >= 11 is 0. The second-order valence-corrected chi connectivity index (χ2v) is 8.16. The predicted octanol–water partition coefficient (Wildman–Crippen LogP) is 3.13. The summed E-state index contributed by atoms with van der Waals surface area (Å²) in [4.78, 5) is 27.7. The quantitative estimate of drug-likeness (QED) is 0.708. The van der Waals surface area contributed by atoms with Crippen LogP contribution in [-0.2, 0) is 25.5 Å². The van der Waals surface area contributed by atoms with Gasteiger partial charge in [0.1, 0.15) is 17.2 Å². The van der Waals surface area contributed by atoms with Crippen molar-refractivity contribution in [2.75, 3.05) is 19.8 Å². The van der Waals surface area contributed by atoms with Gasteiger partial charge in [-0.05, 0) is 45.7 Å². The first-order chi connectivity index (χ1) is 13.7. The Morgan fingerprint density at radius 2 is 2.00 bits per heavy atom. The van der Waals surface area contributed by atoms with Crippen LogP contribution in [0.3, 0.4) is 0 Å². The summed E-state index contributed by atoms with van der Waals surface area (Å²) in [6.07, 6.45) is 2.41. The molecule has 8 heteroatoms.